The van der Waals surface area contributed by atoms with E-state index in [0.29, 0.717) is 18.7 Å². The van der Waals surface area contributed by atoms with Crippen LogP contribution in [0.25, 0.3) is 22.3 Å². The number of imidazole rings is 1. The molecule has 0 atom stereocenters. The molecule has 3 aromatic carbocycles. The number of benzene rings is 3. The van der Waals surface area contributed by atoms with Crippen molar-refractivity contribution in [3.8, 4) is 11.1 Å². The van der Waals surface area contributed by atoms with Crippen LogP contribution in [-0.4, -0.2) is 26.1 Å². The van der Waals surface area contributed by atoms with E-state index >= 15 is 0 Å². The maximum Gasteiger partial charge on any atom is 0.339 e. The van der Waals surface area contributed by atoms with Gasteiger partial charge in [-0.1, -0.05) is 86.1 Å². The Balaban J connectivity index is 1.41. The lowest BCUT2D eigenvalue weighted by molar-refractivity contribution is 0.00704. The molecule has 0 saturated carbocycles. The van der Waals surface area contributed by atoms with Gasteiger partial charge in [-0.2, -0.15) is 0 Å². The zero-order valence-corrected chi connectivity index (χ0v) is 24.4. The van der Waals surface area contributed by atoms with Gasteiger partial charge in [-0.05, 0) is 67.6 Å². The molecule has 0 aliphatic heterocycles. The fourth-order valence-electron chi connectivity index (χ4n) is 4.85. The number of hydrogen-bond donors (Lipinski definition) is 1. The molecule has 2 aromatic heterocycles. The van der Waals surface area contributed by atoms with Crippen molar-refractivity contribution in [1.82, 2.24) is 14.5 Å². The summed E-state index contributed by atoms with van der Waals surface area (Å²) in [6.07, 6.45) is 3.08. The number of fused-ring (bicyclic) bond motifs is 1. The van der Waals surface area contributed by atoms with E-state index < -0.39 is 5.60 Å². The Morgan fingerprint density at radius 3 is 2.32 bits per heavy atom. The quantitative estimate of drug-likeness (QED) is 0.179. The van der Waals surface area contributed by atoms with Crippen molar-refractivity contribution in [2.45, 2.75) is 65.6 Å². The normalized spacial score (nSPS) is 11.5. The first-order chi connectivity index (χ1) is 19.8. The van der Waals surface area contributed by atoms with Crippen molar-refractivity contribution < 1.29 is 9.53 Å². The van der Waals surface area contributed by atoms with Gasteiger partial charge in [0, 0.05) is 13.0 Å². The predicted octanol–water partition coefficient (Wildman–Crippen LogP) is 8.06. The molecule has 0 bridgehead atoms. The van der Waals surface area contributed by atoms with E-state index in [9.17, 15) is 4.79 Å². The largest absolute Gasteiger partial charge is 0.456 e. The highest BCUT2D eigenvalue weighted by atomic mass is 16.6. The number of rotatable bonds is 10. The number of esters is 1. The van der Waals surface area contributed by atoms with E-state index in [2.05, 4.69) is 59.3 Å². The fraction of sp³-hybridized carbons (Fsp3) is 0.286. The second kappa shape index (κ2) is 12.4. The van der Waals surface area contributed by atoms with Crippen LogP contribution in [0.1, 0.15) is 67.8 Å². The third kappa shape index (κ3) is 7.01. The van der Waals surface area contributed by atoms with Crippen LogP contribution in [0.15, 0.2) is 91.0 Å². The van der Waals surface area contributed by atoms with Gasteiger partial charge in [0.25, 0.3) is 0 Å². The summed E-state index contributed by atoms with van der Waals surface area (Å²) in [5.74, 6) is 1.57. The monoisotopic (exact) mass is 546 g/mol. The molecule has 41 heavy (non-hydrogen) atoms. The number of unbranched alkanes of at least 4 members (excludes halogenated alkanes) is 1. The fourth-order valence-corrected chi connectivity index (χ4v) is 4.85. The van der Waals surface area contributed by atoms with Crippen LogP contribution < -0.4 is 5.32 Å². The third-order valence-electron chi connectivity index (χ3n) is 6.89. The topological polar surface area (TPSA) is 69.0 Å². The Morgan fingerprint density at radius 2 is 1.59 bits per heavy atom. The minimum Gasteiger partial charge on any atom is -0.456 e. The van der Waals surface area contributed by atoms with Gasteiger partial charge < -0.3 is 14.6 Å². The maximum atomic E-state index is 12.9. The molecule has 6 nitrogen and oxygen atoms in total. The van der Waals surface area contributed by atoms with Gasteiger partial charge in [-0.3, -0.25) is 0 Å². The number of ether oxygens (including phenoxy) is 1. The van der Waals surface area contributed by atoms with E-state index in [1.54, 1.807) is 0 Å². The molecule has 5 aromatic rings. The van der Waals surface area contributed by atoms with Crippen molar-refractivity contribution >= 4 is 23.0 Å². The molecule has 6 heteroatoms. The van der Waals surface area contributed by atoms with E-state index in [1.165, 1.54) is 5.56 Å². The third-order valence-corrected chi connectivity index (χ3v) is 6.89. The van der Waals surface area contributed by atoms with Crippen LogP contribution in [0.3, 0.4) is 0 Å². The van der Waals surface area contributed by atoms with Crippen molar-refractivity contribution in [3.05, 3.63) is 114 Å². The summed E-state index contributed by atoms with van der Waals surface area (Å²) in [6, 6.07) is 30.4. The molecule has 0 radical (unpaired) electrons. The van der Waals surface area contributed by atoms with E-state index in [4.69, 9.17) is 14.7 Å². The molecule has 0 saturated heterocycles. The zero-order chi connectivity index (χ0) is 28.8. The predicted molar refractivity (Wildman–Crippen MR) is 166 cm³/mol. The first kappa shape index (κ1) is 28.1. The Labute approximate surface area is 242 Å². The number of nitrogens with one attached hydrogen (secondary N) is 1. The van der Waals surface area contributed by atoms with Crippen LogP contribution in [0.2, 0.25) is 0 Å². The summed E-state index contributed by atoms with van der Waals surface area (Å²) in [7, 11) is 0. The molecule has 210 valence electrons. The number of carbonyl (C=O) groups is 1. The number of pyridine rings is 1. The van der Waals surface area contributed by atoms with Crippen LogP contribution in [-0.2, 0) is 24.2 Å². The number of nitrogens with zero attached hydrogens (tertiary/aromatic N) is 3. The number of aryl methyl sites for hydroxylation is 1. The molecule has 5 rings (SSSR count). The van der Waals surface area contributed by atoms with Gasteiger partial charge in [-0.15, -0.1) is 0 Å². The van der Waals surface area contributed by atoms with E-state index in [1.807, 2.05) is 69.3 Å². The molecular weight excluding hydrogens is 508 g/mol. The lowest BCUT2D eigenvalue weighted by Gasteiger charge is -2.20. The minimum absolute atomic E-state index is 0.314. The second-order valence-electron chi connectivity index (χ2n) is 11.3. The van der Waals surface area contributed by atoms with Gasteiger partial charge in [-0.25, -0.2) is 14.8 Å². The molecule has 0 aliphatic rings. The van der Waals surface area contributed by atoms with E-state index in [0.717, 1.165) is 58.8 Å². The first-order valence-corrected chi connectivity index (χ1v) is 14.4. The minimum atomic E-state index is -0.553. The molecule has 2 heterocycles. The Bertz CT molecular complexity index is 1620. The summed E-state index contributed by atoms with van der Waals surface area (Å²) in [5.41, 5.74) is 5.99. The Morgan fingerprint density at radius 1 is 0.854 bits per heavy atom. The SMILES string of the molecule is CCCCc1nc2ccc(NCc3ccccc3)nc2n1Cc1ccc(-c2ccccc2C(=O)OC(C)(C)C)cc1. The highest BCUT2D eigenvalue weighted by molar-refractivity contribution is 5.97. The molecular formula is C35H38N4O2. The number of carbonyl (C=O) groups excluding carboxylic acids is 1. The van der Waals surface area contributed by atoms with Crippen molar-refractivity contribution in [3.63, 3.8) is 0 Å². The second-order valence-corrected chi connectivity index (χ2v) is 11.3. The molecule has 0 aliphatic carbocycles. The smallest absolute Gasteiger partial charge is 0.339 e. The van der Waals surface area contributed by atoms with Crippen molar-refractivity contribution in [1.29, 1.82) is 0 Å². The van der Waals surface area contributed by atoms with Crippen LogP contribution in [0.5, 0.6) is 0 Å². The van der Waals surface area contributed by atoms with Gasteiger partial charge >= 0.3 is 5.97 Å². The van der Waals surface area contributed by atoms with Crippen molar-refractivity contribution in [2.75, 3.05) is 5.32 Å². The molecule has 0 fully saturated rings. The lowest BCUT2D eigenvalue weighted by atomic mass is 9.98. The van der Waals surface area contributed by atoms with Crippen LogP contribution in [0.4, 0.5) is 5.82 Å². The summed E-state index contributed by atoms with van der Waals surface area (Å²) >= 11 is 0. The molecule has 1 N–H and O–H groups in total. The molecule has 0 unspecified atom stereocenters. The Hall–Kier alpha value is -4.45. The highest BCUT2D eigenvalue weighted by Crippen LogP contribution is 2.27. The van der Waals surface area contributed by atoms with Gasteiger partial charge in [0.05, 0.1) is 12.1 Å². The van der Waals surface area contributed by atoms with E-state index in [-0.39, 0.29) is 5.97 Å². The Kier molecular flexibility index (Phi) is 8.48. The maximum absolute atomic E-state index is 12.9. The number of hydrogen-bond acceptors (Lipinski definition) is 5. The van der Waals surface area contributed by atoms with Gasteiger partial charge in [0.1, 0.15) is 22.8 Å². The molecule has 0 spiro atoms. The summed E-state index contributed by atoms with van der Waals surface area (Å²) in [6.45, 7) is 9.22. The first-order valence-electron chi connectivity index (χ1n) is 14.4. The van der Waals surface area contributed by atoms with Crippen LogP contribution in [0, 0.1) is 0 Å². The summed E-state index contributed by atoms with van der Waals surface area (Å²) in [5, 5.41) is 3.46. The van der Waals surface area contributed by atoms with Gasteiger partial charge in [0.15, 0.2) is 5.65 Å². The lowest BCUT2D eigenvalue weighted by Crippen LogP contribution is -2.24. The standard InChI is InChI=1S/C35H38N4O2/c1-5-6-16-32-37-30-21-22-31(36-23-25-12-8-7-9-13-25)38-33(30)39(32)24-26-17-19-27(20-18-26)28-14-10-11-15-29(28)34(40)41-35(2,3)4/h7-15,17-22H,5-6,16,23-24H2,1-4H3,(H,36,38). The number of anilines is 1. The zero-order valence-electron chi connectivity index (χ0n) is 24.4. The summed E-state index contributed by atoms with van der Waals surface area (Å²) < 4.78 is 7.90. The molecule has 0 amide bonds. The van der Waals surface area contributed by atoms with Gasteiger partial charge in [0.2, 0.25) is 0 Å². The number of aromatic nitrogens is 3. The van der Waals surface area contributed by atoms with Crippen LogP contribution >= 0.6 is 0 Å². The highest BCUT2D eigenvalue weighted by Gasteiger charge is 2.21. The van der Waals surface area contributed by atoms with Crippen molar-refractivity contribution in [2.24, 2.45) is 0 Å². The average Bonchev–Trinajstić information content (AvgIpc) is 3.31. The summed E-state index contributed by atoms with van der Waals surface area (Å²) in [4.78, 5) is 22.8. The average molecular weight is 547 g/mol.